The second-order valence-electron chi connectivity index (χ2n) is 4.42. The van der Waals surface area contributed by atoms with Gasteiger partial charge in [-0.3, -0.25) is 10.1 Å². The molecular formula is C11H12F2N2O4. The number of nitrogens with zero attached hydrogens (tertiary/aromatic N) is 1. The molecule has 2 N–H and O–H groups in total. The zero-order chi connectivity index (χ0) is 14.0. The molecule has 1 aliphatic heterocycles. The van der Waals surface area contributed by atoms with Crippen molar-refractivity contribution in [2.45, 2.75) is 12.0 Å². The van der Waals surface area contributed by atoms with Crippen molar-refractivity contribution in [2.24, 2.45) is 0 Å². The largest absolute Gasteiger partial charge is 0.386 e. The maximum Gasteiger partial charge on any atom is 0.275 e. The molecular weight excluding hydrogens is 262 g/mol. The van der Waals surface area contributed by atoms with Crippen molar-refractivity contribution >= 4 is 11.4 Å². The monoisotopic (exact) mass is 274 g/mol. The molecule has 2 rings (SSSR count). The molecule has 0 bridgehead atoms. The van der Waals surface area contributed by atoms with Gasteiger partial charge in [0, 0.05) is 19.6 Å². The minimum absolute atomic E-state index is 0.0796. The van der Waals surface area contributed by atoms with Gasteiger partial charge in [-0.25, -0.2) is 8.78 Å². The number of non-ortho nitro benzene ring substituents is 1. The molecule has 0 radical (unpaired) electrons. The Morgan fingerprint density at radius 1 is 1.47 bits per heavy atom. The number of ether oxygens (including phenoxy) is 1. The lowest BCUT2D eigenvalue weighted by molar-refractivity contribution is -0.385. The van der Waals surface area contributed by atoms with Gasteiger partial charge in [-0.15, -0.1) is 0 Å². The number of aliphatic hydroxyl groups is 1. The van der Waals surface area contributed by atoms with Gasteiger partial charge in [-0.2, -0.15) is 0 Å². The smallest absolute Gasteiger partial charge is 0.275 e. The molecule has 6 nitrogen and oxygen atoms in total. The number of anilines is 1. The van der Waals surface area contributed by atoms with Crippen molar-refractivity contribution in [3.63, 3.8) is 0 Å². The molecule has 19 heavy (non-hydrogen) atoms. The van der Waals surface area contributed by atoms with E-state index in [1.54, 1.807) is 0 Å². The number of nitro groups is 1. The quantitative estimate of drug-likeness (QED) is 0.641. The molecule has 0 spiro atoms. The molecule has 1 aromatic carbocycles. The van der Waals surface area contributed by atoms with Gasteiger partial charge in [0.15, 0.2) is 11.6 Å². The minimum atomic E-state index is -1.18. The van der Waals surface area contributed by atoms with E-state index in [0.717, 1.165) is 0 Å². The van der Waals surface area contributed by atoms with Gasteiger partial charge in [0.05, 0.1) is 23.7 Å². The lowest BCUT2D eigenvalue weighted by Gasteiger charge is -2.21. The van der Waals surface area contributed by atoms with E-state index in [1.165, 1.54) is 0 Å². The first-order chi connectivity index (χ1) is 8.91. The molecule has 1 atom stereocenters. The Labute approximate surface area is 107 Å². The fraction of sp³-hybridized carbons (Fsp3) is 0.455. The Bertz CT molecular complexity index is 480. The molecule has 1 heterocycles. The number of benzene rings is 1. The number of hydrogen-bond acceptors (Lipinski definition) is 5. The second-order valence-corrected chi connectivity index (χ2v) is 4.42. The molecule has 104 valence electrons. The Morgan fingerprint density at radius 2 is 2.11 bits per heavy atom. The number of halogens is 2. The second kappa shape index (κ2) is 5.06. The molecule has 0 aromatic heterocycles. The van der Waals surface area contributed by atoms with Crippen molar-refractivity contribution in [1.82, 2.24) is 0 Å². The Balaban J connectivity index is 2.14. The van der Waals surface area contributed by atoms with E-state index in [1.807, 2.05) is 0 Å². The molecule has 0 aliphatic carbocycles. The average molecular weight is 274 g/mol. The molecule has 0 amide bonds. The minimum Gasteiger partial charge on any atom is -0.386 e. The van der Waals surface area contributed by atoms with E-state index in [4.69, 9.17) is 4.74 Å². The first-order valence-corrected chi connectivity index (χ1v) is 5.59. The van der Waals surface area contributed by atoms with Gasteiger partial charge in [-0.1, -0.05) is 0 Å². The van der Waals surface area contributed by atoms with E-state index in [0.29, 0.717) is 25.2 Å². The third kappa shape index (κ3) is 2.96. The van der Waals surface area contributed by atoms with Crippen LogP contribution in [0.1, 0.15) is 6.42 Å². The first kappa shape index (κ1) is 13.6. The van der Waals surface area contributed by atoms with Gasteiger partial charge < -0.3 is 15.2 Å². The fourth-order valence-corrected chi connectivity index (χ4v) is 1.82. The Hall–Kier alpha value is -1.80. The highest BCUT2D eigenvalue weighted by atomic mass is 19.1. The maximum absolute atomic E-state index is 13.6. The van der Waals surface area contributed by atoms with Crippen LogP contribution >= 0.6 is 0 Å². The third-order valence-corrected chi connectivity index (χ3v) is 2.91. The number of nitrogens with one attached hydrogen (secondary N) is 1. The topological polar surface area (TPSA) is 84.6 Å². The van der Waals surface area contributed by atoms with Crippen LogP contribution in [0.2, 0.25) is 0 Å². The summed E-state index contributed by atoms with van der Waals surface area (Å²) in [6.45, 7) is 0.359. The van der Waals surface area contributed by atoms with Crippen molar-refractivity contribution in [3.05, 3.63) is 33.9 Å². The van der Waals surface area contributed by atoms with Crippen molar-refractivity contribution in [1.29, 1.82) is 0 Å². The zero-order valence-corrected chi connectivity index (χ0v) is 9.86. The SMILES string of the molecule is O=[N+]([O-])c1cc(F)c(NCC2(O)CCOC2)c(F)c1. The highest BCUT2D eigenvalue weighted by molar-refractivity contribution is 5.51. The Kier molecular flexibility index (Phi) is 3.63. The van der Waals surface area contributed by atoms with Gasteiger partial charge in [0.2, 0.25) is 0 Å². The summed E-state index contributed by atoms with van der Waals surface area (Å²) in [6.07, 6.45) is 0.357. The number of rotatable bonds is 4. The molecule has 1 aromatic rings. The number of nitro benzene ring substituents is 1. The van der Waals surface area contributed by atoms with E-state index in [9.17, 15) is 24.0 Å². The van der Waals surface area contributed by atoms with E-state index in [2.05, 4.69) is 5.32 Å². The van der Waals surface area contributed by atoms with Crippen LogP contribution in [0, 0.1) is 21.7 Å². The molecule has 1 unspecified atom stereocenters. The van der Waals surface area contributed by atoms with Crippen LogP contribution in [-0.2, 0) is 4.74 Å². The maximum atomic E-state index is 13.6. The summed E-state index contributed by atoms with van der Waals surface area (Å²) in [7, 11) is 0. The summed E-state index contributed by atoms with van der Waals surface area (Å²) in [6, 6.07) is 1.25. The normalized spacial score (nSPS) is 22.5. The molecule has 8 heteroatoms. The lowest BCUT2D eigenvalue weighted by atomic mass is 10.0. The van der Waals surface area contributed by atoms with Gasteiger partial charge in [0.25, 0.3) is 5.69 Å². The van der Waals surface area contributed by atoms with Crippen LogP contribution in [0.15, 0.2) is 12.1 Å². The van der Waals surface area contributed by atoms with Crippen LogP contribution in [0.4, 0.5) is 20.2 Å². The fourth-order valence-electron chi connectivity index (χ4n) is 1.82. The van der Waals surface area contributed by atoms with E-state index in [-0.39, 0.29) is 13.2 Å². The lowest BCUT2D eigenvalue weighted by Crippen LogP contribution is -2.37. The van der Waals surface area contributed by atoms with Crippen LogP contribution in [0.25, 0.3) is 0 Å². The average Bonchev–Trinajstić information content (AvgIpc) is 2.75. The van der Waals surface area contributed by atoms with Crippen molar-refractivity contribution in [3.8, 4) is 0 Å². The summed E-state index contributed by atoms with van der Waals surface area (Å²) in [5.41, 5.74) is -2.34. The van der Waals surface area contributed by atoms with Crippen molar-refractivity contribution in [2.75, 3.05) is 25.1 Å². The summed E-state index contributed by atoms with van der Waals surface area (Å²) in [5.74, 6) is -2.15. The van der Waals surface area contributed by atoms with Crippen LogP contribution in [0.5, 0.6) is 0 Å². The molecule has 1 saturated heterocycles. The number of hydrogen-bond donors (Lipinski definition) is 2. The van der Waals surface area contributed by atoms with Crippen LogP contribution < -0.4 is 5.32 Å². The van der Waals surface area contributed by atoms with Gasteiger partial charge >= 0.3 is 0 Å². The van der Waals surface area contributed by atoms with Crippen molar-refractivity contribution < 1.29 is 23.5 Å². The summed E-state index contributed by atoms with van der Waals surface area (Å²) >= 11 is 0. The predicted molar refractivity (Wildman–Crippen MR) is 61.9 cm³/mol. The summed E-state index contributed by atoms with van der Waals surface area (Å²) in [4.78, 5) is 9.55. The van der Waals surface area contributed by atoms with Gasteiger partial charge in [0.1, 0.15) is 11.3 Å². The predicted octanol–water partition coefficient (Wildman–Crippen LogP) is 1.44. The molecule has 1 aliphatic rings. The highest BCUT2D eigenvalue weighted by Gasteiger charge is 2.32. The summed E-state index contributed by atoms with van der Waals surface area (Å²) in [5, 5.41) is 22.8. The van der Waals surface area contributed by atoms with Crippen LogP contribution in [0.3, 0.4) is 0 Å². The standard InChI is InChI=1S/C11H12F2N2O4/c12-8-3-7(15(17)18)4-9(13)10(8)14-5-11(16)1-2-19-6-11/h3-4,14,16H,1-2,5-6H2. The molecule has 1 fully saturated rings. The summed E-state index contributed by atoms with van der Waals surface area (Å²) < 4.78 is 32.1. The molecule has 0 saturated carbocycles. The van der Waals surface area contributed by atoms with E-state index < -0.39 is 33.5 Å². The third-order valence-electron chi connectivity index (χ3n) is 2.91. The van der Waals surface area contributed by atoms with E-state index >= 15 is 0 Å². The first-order valence-electron chi connectivity index (χ1n) is 5.59. The highest BCUT2D eigenvalue weighted by Crippen LogP contribution is 2.26. The van der Waals surface area contributed by atoms with Gasteiger partial charge in [-0.05, 0) is 0 Å². The zero-order valence-electron chi connectivity index (χ0n) is 9.86. The van der Waals surface area contributed by atoms with Crippen LogP contribution in [-0.4, -0.2) is 35.4 Å². The Morgan fingerprint density at radius 3 is 2.58 bits per heavy atom.